The van der Waals surface area contributed by atoms with Gasteiger partial charge in [0.15, 0.2) is 0 Å². The number of amides is 2. The van der Waals surface area contributed by atoms with Gasteiger partial charge in [0.05, 0.1) is 0 Å². The summed E-state index contributed by atoms with van der Waals surface area (Å²) >= 11 is 0. The summed E-state index contributed by atoms with van der Waals surface area (Å²) < 4.78 is 5.61. The molecule has 1 aliphatic heterocycles. The molecule has 1 heterocycles. The lowest BCUT2D eigenvalue weighted by molar-refractivity contribution is -0.142. The first kappa shape index (κ1) is 22.4. The lowest BCUT2D eigenvalue weighted by atomic mass is 9.79. The second-order valence-electron chi connectivity index (χ2n) is 9.60. The van der Waals surface area contributed by atoms with Crippen LogP contribution in [0.2, 0.25) is 0 Å². The van der Waals surface area contributed by atoms with E-state index in [2.05, 4.69) is 29.6 Å². The van der Waals surface area contributed by atoms with E-state index < -0.39 is 12.1 Å². The van der Waals surface area contributed by atoms with Crippen molar-refractivity contribution in [2.24, 2.45) is 5.92 Å². The van der Waals surface area contributed by atoms with Gasteiger partial charge in [-0.25, -0.2) is 4.79 Å². The van der Waals surface area contributed by atoms with E-state index >= 15 is 0 Å². The fourth-order valence-corrected chi connectivity index (χ4v) is 5.69. The van der Waals surface area contributed by atoms with Crippen LogP contribution in [0.3, 0.4) is 0 Å². The number of fused-ring (bicyclic) bond motifs is 3. The smallest absolute Gasteiger partial charge is 0.407 e. The maximum Gasteiger partial charge on any atom is 0.407 e. The number of likely N-dealkylation sites (tertiary alicyclic amines) is 1. The Morgan fingerprint density at radius 2 is 1.65 bits per heavy atom. The third-order valence-electron chi connectivity index (χ3n) is 7.50. The number of aliphatic carboxylic acids is 1. The largest absolute Gasteiger partial charge is 0.481 e. The summed E-state index contributed by atoms with van der Waals surface area (Å²) in [7, 11) is 0. The van der Waals surface area contributed by atoms with Gasteiger partial charge >= 0.3 is 12.1 Å². The van der Waals surface area contributed by atoms with Crippen molar-refractivity contribution >= 4 is 18.0 Å². The van der Waals surface area contributed by atoms with Crippen LogP contribution in [0.15, 0.2) is 48.5 Å². The number of hydrogen-bond acceptors (Lipinski definition) is 4. The van der Waals surface area contributed by atoms with Crippen LogP contribution in [0.4, 0.5) is 4.79 Å². The number of rotatable bonds is 7. The van der Waals surface area contributed by atoms with E-state index in [1.807, 2.05) is 29.2 Å². The molecule has 1 saturated heterocycles. The van der Waals surface area contributed by atoms with Gasteiger partial charge in [-0.05, 0) is 54.4 Å². The topological polar surface area (TPSA) is 95.9 Å². The van der Waals surface area contributed by atoms with Crippen molar-refractivity contribution in [3.63, 3.8) is 0 Å². The third-order valence-corrected chi connectivity index (χ3v) is 7.50. The Hall–Kier alpha value is -3.35. The standard InChI is InChI=1S/C27H30N2O5/c30-25(31)12-11-19-6-5-13-29(19)26(32)17-14-18(15-17)28-27(33)34-16-24-22-9-3-1-7-20(22)21-8-2-4-10-23(21)24/h1-4,7-10,17-19,24H,5-6,11-16H2,(H,28,33)(H,30,31). The first-order chi connectivity index (χ1) is 16.5. The van der Waals surface area contributed by atoms with Crippen LogP contribution in [0, 0.1) is 5.92 Å². The number of carboxylic acids is 1. The highest BCUT2D eigenvalue weighted by Crippen LogP contribution is 2.44. The van der Waals surface area contributed by atoms with Gasteiger partial charge in [-0.2, -0.15) is 0 Å². The van der Waals surface area contributed by atoms with Crippen LogP contribution in [-0.2, 0) is 14.3 Å². The Bertz CT molecular complexity index is 1050. The molecule has 2 fully saturated rings. The highest BCUT2D eigenvalue weighted by Gasteiger charge is 2.41. The molecule has 5 rings (SSSR count). The van der Waals surface area contributed by atoms with E-state index in [-0.39, 0.29) is 42.9 Å². The predicted octanol–water partition coefficient (Wildman–Crippen LogP) is 4.16. The van der Waals surface area contributed by atoms with Crippen LogP contribution < -0.4 is 5.32 Å². The molecule has 2 amide bonds. The minimum absolute atomic E-state index is 0.0202. The summed E-state index contributed by atoms with van der Waals surface area (Å²) in [5.74, 6) is -0.815. The SMILES string of the molecule is O=C(O)CCC1CCCN1C(=O)C1CC(NC(=O)OCC2c3ccccc3-c3ccccc32)C1. The highest BCUT2D eigenvalue weighted by molar-refractivity contribution is 5.81. The van der Waals surface area contributed by atoms with Gasteiger partial charge in [-0.1, -0.05) is 48.5 Å². The third kappa shape index (κ3) is 4.39. The van der Waals surface area contributed by atoms with E-state index in [4.69, 9.17) is 9.84 Å². The molecule has 0 spiro atoms. The van der Waals surface area contributed by atoms with Crippen molar-refractivity contribution in [1.82, 2.24) is 10.2 Å². The molecule has 34 heavy (non-hydrogen) atoms. The first-order valence-electron chi connectivity index (χ1n) is 12.1. The molecule has 7 nitrogen and oxygen atoms in total. The molecule has 3 aliphatic rings. The van der Waals surface area contributed by atoms with Gasteiger partial charge in [0.1, 0.15) is 6.61 Å². The van der Waals surface area contributed by atoms with Crippen LogP contribution in [0.25, 0.3) is 11.1 Å². The number of carbonyl (C=O) groups excluding carboxylic acids is 2. The van der Waals surface area contributed by atoms with Crippen LogP contribution in [0.5, 0.6) is 0 Å². The van der Waals surface area contributed by atoms with Crippen molar-refractivity contribution in [1.29, 1.82) is 0 Å². The molecule has 2 aromatic rings. The molecule has 0 bridgehead atoms. The van der Waals surface area contributed by atoms with Gasteiger partial charge in [0.25, 0.3) is 0 Å². The van der Waals surface area contributed by atoms with Crippen molar-refractivity contribution in [2.45, 2.75) is 56.5 Å². The second-order valence-corrected chi connectivity index (χ2v) is 9.60. The summed E-state index contributed by atoms with van der Waals surface area (Å²) in [6, 6.07) is 16.4. The number of carboxylic acid groups (broad SMARTS) is 1. The Morgan fingerprint density at radius 3 is 2.29 bits per heavy atom. The molecule has 2 aliphatic carbocycles. The van der Waals surface area contributed by atoms with Crippen molar-refractivity contribution in [3.05, 3.63) is 59.7 Å². The summed E-state index contributed by atoms with van der Waals surface area (Å²) in [5.41, 5.74) is 4.73. The molecule has 1 unspecified atom stereocenters. The minimum Gasteiger partial charge on any atom is -0.481 e. The summed E-state index contributed by atoms with van der Waals surface area (Å²) in [4.78, 5) is 38.1. The Kier molecular flexibility index (Phi) is 6.26. The molecule has 2 aromatic carbocycles. The van der Waals surface area contributed by atoms with Crippen LogP contribution in [-0.4, -0.2) is 53.2 Å². The summed E-state index contributed by atoms with van der Waals surface area (Å²) in [6.45, 7) is 0.970. The average molecular weight is 463 g/mol. The maximum absolute atomic E-state index is 12.9. The Balaban J connectivity index is 1.10. The van der Waals surface area contributed by atoms with Gasteiger partial charge in [-0.3, -0.25) is 9.59 Å². The molecular formula is C27H30N2O5. The molecular weight excluding hydrogens is 432 g/mol. The normalized spacial score (nSPS) is 23.1. The zero-order chi connectivity index (χ0) is 23.7. The molecule has 2 N–H and O–H groups in total. The number of hydrogen-bond donors (Lipinski definition) is 2. The molecule has 178 valence electrons. The first-order valence-corrected chi connectivity index (χ1v) is 12.1. The number of alkyl carbamates (subject to hydrolysis) is 1. The van der Waals surface area contributed by atoms with Gasteiger partial charge < -0.3 is 20.1 Å². The number of ether oxygens (including phenoxy) is 1. The van der Waals surface area contributed by atoms with Gasteiger partial charge in [0.2, 0.25) is 5.91 Å². The van der Waals surface area contributed by atoms with E-state index in [9.17, 15) is 14.4 Å². The van der Waals surface area contributed by atoms with Crippen LogP contribution in [0.1, 0.15) is 55.6 Å². The van der Waals surface area contributed by atoms with Crippen molar-refractivity contribution in [3.8, 4) is 11.1 Å². The zero-order valence-electron chi connectivity index (χ0n) is 19.1. The quantitative estimate of drug-likeness (QED) is 0.644. The predicted molar refractivity (Wildman–Crippen MR) is 126 cm³/mol. The van der Waals surface area contributed by atoms with Crippen molar-refractivity contribution < 1.29 is 24.2 Å². The van der Waals surface area contributed by atoms with E-state index in [1.165, 1.54) is 22.3 Å². The van der Waals surface area contributed by atoms with Gasteiger partial charge in [-0.15, -0.1) is 0 Å². The highest BCUT2D eigenvalue weighted by atomic mass is 16.5. The average Bonchev–Trinajstić information content (AvgIpc) is 3.41. The molecule has 0 radical (unpaired) electrons. The van der Waals surface area contributed by atoms with E-state index in [1.54, 1.807) is 0 Å². The van der Waals surface area contributed by atoms with E-state index in [0.29, 0.717) is 25.8 Å². The minimum atomic E-state index is -0.824. The number of benzene rings is 2. The lowest BCUT2D eigenvalue weighted by Gasteiger charge is -2.38. The number of nitrogens with one attached hydrogen (secondary N) is 1. The van der Waals surface area contributed by atoms with Gasteiger partial charge in [0, 0.05) is 36.9 Å². The fourth-order valence-electron chi connectivity index (χ4n) is 5.69. The monoisotopic (exact) mass is 462 g/mol. The second kappa shape index (κ2) is 9.49. The van der Waals surface area contributed by atoms with Crippen molar-refractivity contribution in [2.75, 3.05) is 13.2 Å². The fraction of sp³-hybridized carbons (Fsp3) is 0.444. The molecule has 0 aromatic heterocycles. The number of nitrogens with zero attached hydrogens (tertiary/aromatic N) is 1. The zero-order valence-corrected chi connectivity index (χ0v) is 19.1. The van der Waals surface area contributed by atoms with Crippen LogP contribution >= 0.6 is 0 Å². The Labute approximate surface area is 199 Å². The summed E-state index contributed by atoms with van der Waals surface area (Å²) in [5, 5.41) is 11.8. The molecule has 1 atom stereocenters. The Morgan fingerprint density at radius 1 is 1.00 bits per heavy atom. The maximum atomic E-state index is 12.9. The molecule has 7 heteroatoms. The number of carbonyl (C=O) groups is 3. The van der Waals surface area contributed by atoms with E-state index in [0.717, 1.165) is 12.8 Å². The summed E-state index contributed by atoms with van der Waals surface area (Å²) in [6.07, 6.45) is 3.15. The molecule has 1 saturated carbocycles. The lowest BCUT2D eigenvalue weighted by Crippen LogP contribution is -2.51.